The van der Waals surface area contributed by atoms with Crippen LogP contribution in [0.25, 0.3) is 0 Å². The van der Waals surface area contributed by atoms with Gasteiger partial charge in [0, 0.05) is 11.3 Å². The van der Waals surface area contributed by atoms with Crippen molar-refractivity contribution in [2.75, 3.05) is 7.11 Å². The van der Waals surface area contributed by atoms with Crippen LogP contribution in [-0.2, 0) is 22.7 Å². The van der Waals surface area contributed by atoms with Gasteiger partial charge in [0.2, 0.25) is 0 Å². The fraction of sp³-hybridized carbons (Fsp3) is 0.556. The normalized spacial score (nSPS) is 10.3. The number of rotatable bonds is 3. The molecule has 5 nitrogen and oxygen atoms in total. The molecule has 0 amide bonds. The third-order valence-corrected chi connectivity index (χ3v) is 2.20. The molecule has 1 heterocycles. The fourth-order valence-corrected chi connectivity index (χ4v) is 1.30. The molecule has 0 aliphatic heterocycles. The minimum Gasteiger partial charge on any atom is -0.468 e. The smallest absolute Gasteiger partial charge is 0.327 e. The predicted octanol–water partition coefficient (Wildman–Crippen LogP) is 0.165. The van der Waals surface area contributed by atoms with Crippen molar-refractivity contribution in [3.05, 3.63) is 17.0 Å². The molecule has 0 aliphatic carbocycles. The summed E-state index contributed by atoms with van der Waals surface area (Å²) in [7, 11) is 1.33. The first-order valence-corrected chi connectivity index (χ1v) is 4.30. The Morgan fingerprint density at radius 3 is 2.64 bits per heavy atom. The second-order valence-electron chi connectivity index (χ2n) is 3.04. The quantitative estimate of drug-likeness (QED) is 0.703. The molecule has 1 aromatic rings. The van der Waals surface area contributed by atoms with E-state index in [1.807, 2.05) is 6.92 Å². The Labute approximate surface area is 82.3 Å². The monoisotopic (exact) mass is 198 g/mol. The Morgan fingerprint density at radius 2 is 2.21 bits per heavy atom. The maximum atomic E-state index is 11.0. The van der Waals surface area contributed by atoms with Gasteiger partial charge in [0.1, 0.15) is 6.54 Å². The summed E-state index contributed by atoms with van der Waals surface area (Å²) in [5.74, 6) is -0.347. The number of ether oxygens (including phenoxy) is 1. The van der Waals surface area contributed by atoms with Gasteiger partial charge in [-0.25, -0.2) is 0 Å². The van der Waals surface area contributed by atoms with E-state index in [1.54, 1.807) is 6.92 Å². The molecule has 0 unspecified atom stereocenters. The first kappa shape index (κ1) is 10.7. The highest BCUT2D eigenvalue weighted by Gasteiger charge is 2.12. The molecule has 0 spiro atoms. The maximum absolute atomic E-state index is 11.0. The van der Waals surface area contributed by atoms with Crippen LogP contribution in [0.4, 0.5) is 0 Å². The molecule has 0 radical (unpaired) electrons. The van der Waals surface area contributed by atoms with Crippen LogP contribution in [0.3, 0.4) is 0 Å². The number of methoxy groups -OCH3 is 1. The van der Waals surface area contributed by atoms with Gasteiger partial charge in [-0.05, 0) is 13.8 Å². The molecule has 0 atom stereocenters. The van der Waals surface area contributed by atoms with Crippen molar-refractivity contribution < 1.29 is 14.6 Å². The number of aliphatic hydroxyl groups is 1. The topological polar surface area (TPSA) is 64.4 Å². The zero-order valence-corrected chi connectivity index (χ0v) is 8.57. The number of aryl methyl sites for hydroxylation is 1. The van der Waals surface area contributed by atoms with Crippen LogP contribution in [-0.4, -0.2) is 28.0 Å². The highest BCUT2D eigenvalue weighted by atomic mass is 16.5. The minimum atomic E-state index is -0.347. The number of aromatic nitrogens is 2. The molecule has 78 valence electrons. The van der Waals surface area contributed by atoms with Crippen LogP contribution in [0, 0.1) is 13.8 Å². The first-order chi connectivity index (χ1) is 6.60. The molecule has 5 heteroatoms. The van der Waals surface area contributed by atoms with Crippen LogP contribution in [0.2, 0.25) is 0 Å². The van der Waals surface area contributed by atoms with E-state index in [9.17, 15) is 4.79 Å². The standard InChI is InChI=1S/C9H14N2O3/c1-6-8(5-12)7(2)11(10-6)4-9(13)14-3/h12H,4-5H2,1-3H3. The van der Waals surface area contributed by atoms with E-state index in [0.29, 0.717) is 0 Å². The lowest BCUT2D eigenvalue weighted by Gasteiger charge is -2.02. The molecule has 0 fully saturated rings. The van der Waals surface area contributed by atoms with Crippen LogP contribution in [0.5, 0.6) is 0 Å². The number of hydrogen-bond acceptors (Lipinski definition) is 4. The fourth-order valence-electron chi connectivity index (χ4n) is 1.30. The Kier molecular flexibility index (Phi) is 3.24. The highest BCUT2D eigenvalue weighted by molar-refractivity contribution is 5.69. The van der Waals surface area contributed by atoms with Gasteiger partial charge < -0.3 is 9.84 Å². The molecular weight excluding hydrogens is 184 g/mol. The van der Waals surface area contributed by atoms with Crippen molar-refractivity contribution in [1.82, 2.24) is 9.78 Å². The number of carbonyl (C=O) groups is 1. The molecule has 1 aromatic heterocycles. The van der Waals surface area contributed by atoms with Gasteiger partial charge in [-0.1, -0.05) is 0 Å². The van der Waals surface area contributed by atoms with E-state index < -0.39 is 0 Å². The van der Waals surface area contributed by atoms with Crippen molar-refractivity contribution in [1.29, 1.82) is 0 Å². The predicted molar refractivity (Wildman–Crippen MR) is 49.6 cm³/mol. The molecule has 1 rings (SSSR count). The number of nitrogens with zero attached hydrogens (tertiary/aromatic N) is 2. The van der Waals surface area contributed by atoms with Crippen molar-refractivity contribution in [3.63, 3.8) is 0 Å². The number of aliphatic hydroxyl groups excluding tert-OH is 1. The molecule has 0 saturated carbocycles. The molecular formula is C9H14N2O3. The summed E-state index contributed by atoms with van der Waals surface area (Å²) < 4.78 is 6.06. The SMILES string of the molecule is COC(=O)Cn1nc(C)c(CO)c1C. The van der Waals surface area contributed by atoms with Gasteiger partial charge in [-0.15, -0.1) is 0 Å². The van der Waals surface area contributed by atoms with E-state index >= 15 is 0 Å². The van der Waals surface area contributed by atoms with Crippen molar-refractivity contribution in [2.45, 2.75) is 27.0 Å². The Morgan fingerprint density at radius 1 is 1.57 bits per heavy atom. The molecule has 1 N–H and O–H groups in total. The summed E-state index contributed by atoms with van der Waals surface area (Å²) in [6.07, 6.45) is 0. The van der Waals surface area contributed by atoms with Gasteiger partial charge in [-0.2, -0.15) is 5.10 Å². The zero-order chi connectivity index (χ0) is 10.7. The Hall–Kier alpha value is -1.36. The lowest BCUT2D eigenvalue weighted by molar-refractivity contribution is -0.141. The van der Waals surface area contributed by atoms with E-state index in [1.165, 1.54) is 11.8 Å². The van der Waals surface area contributed by atoms with E-state index in [4.69, 9.17) is 5.11 Å². The summed E-state index contributed by atoms with van der Waals surface area (Å²) in [5.41, 5.74) is 2.32. The summed E-state index contributed by atoms with van der Waals surface area (Å²) in [6, 6.07) is 0. The van der Waals surface area contributed by atoms with E-state index in [2.05, 4.69) is 9.84 Å². The maximum Gasteiger partial charge on any atom is 0.327 e. The second-order valence-corrected chi connectivity index (χ2v) is 3.04. The summed E-state index contributed by atoms with van der Waals surface area (Å²) in [5, 5.41) is 13.2. The lowest BCUT2D eigenvalue weighted by atomic mass is 10.2. The van der Waals surface area contributed by atoms with Gasteiger partial charge in [-0.3, -0.25) is 9.48 Å². The largest absolute Gasteiger partial charge is 0.468 e. The molecule has 0 saturated heterocycles. The van der Waals surface area contributed by atoms with Gasteiger partial charge in [0.15, 0.2) is 0 Å². The summed E-state index contributed by atoms with van der Waals surface area (Å²) in [4.78, 5) is 11.0. The van der Waals surface area contributed by atoms with Crippen LogP contribution in [0.15, 0.2) is 0 Å². The Balaban J connectivity index is 2.93. The Bertz CT molecular complexity index is 344. The van der Waals surface area contributed by atoms with Crippen LogP contribution < -0.4 is 0 Å². The number of hydrogen-bond donors (Lipinski definition) is 1. The second kappa shape index (κ2) is 4.23. The van der Waals surface area contributed by atoms with Crippen LogP contribution in [0.1, 0.15) is 17.0 Å². The number of carbonyl (C=O) groups excluding carboxylic acids is 1. The number of esters is 1. The van der Waals surface area contributed by atoms with Gasteiger partial charge in [0.05, 0.1) is 19.4 Å². The van der Waals surface area contributed by atoms with Crippen LogP contribution >= 0.6 is 0 Å². The molecule has 0 aromatic carbocycles. The summed E-state index contributed by atoms with van der Waals surface area (Å²) in [6.45, 7) is 3.64. The average Bonchev–Trinajstić information content (AvgIpc) is 2.42. The zero-order valence-electron chi connectivity index (χ0n) is 8.57. The van der Waals surface area contributed by atoms with Gasteiger partial charge >= 0.3 is 5.97 Å². The first-order valence-electron chi connectivity index (χ1n) is 4.30. The van der Waals surface area contributed by atoms with Crippen molar-refractivity contribution in [3.8, 4) is 0 Å². The van der Waals surface area contributed by atoms with Crippen molar-refractivity contribution in [2.24, 2.45) is 0 Å². The highest BCUT2D eigenvalue weighted by Crippen LogP contribution is 2.12. The van der Waals surface area contributed by atoms with Crippen molar-refractivity contribution >= 4 is 5.97 Å². The lowest BCUT2D eigenvalue weighted by Crippen LogP contribution is -2.14. The minimum absolute atomic E-state index is 0.0567. The van der Waals surface area contributed by atoms with E-state index in [0.717, 1.165) is 17.0 Å². The van der Waals surface area contributed by atoms with Gasteiger partial charge in [0.25, 0.3) is 0 Å². The molecule has 0 aliphatic rings. The summed E-state index contributed by atoms with van der Waals surface area (Å²) >= 11 is 0. The average molecular weight is 198 g/mol. The third kappa shape index (κ3) is 1.93. The van der Waals surface area contributed by atoms with E-state index in [-0.39, 0.29) is 19.1 Å². The molecule has 14 heavy (non-hydrogen) atoms. The molecule has 0 bridgehead atoms. The third-order valence-electron chi connectivity index (χ3n) is 2.20.